The van der Waals surface area contributed by atoms with E-state index in [1.165, 1.54) is 31.4 Å². The normalized spacial score (nSPS) is 21.1. The summed E-state index contributed by atoms with van der Waals surface area (Å²) in [4.78, 5) is 14.5. The van der Waals surface area contributed by atoms with Gasteiger partial charge in [-0.25, -0.2) is 0 Å². The van der Waals surface area contributed by atoms with Gasteiger partial charge in [-0.2, -0.15) is 0 Å². The molecule has 2 aromatic rings. The molecule has 2 aromatic heterocycles. The Labute approximate surface area is 154 Å². The average molecular weight is 356 g/mol. The van der Waals surface area contributed by atoms with Gasteiger partial charge in [0.1, 0.15) is 17.3 Å². The highest BCUT2D eigenvalue weighted by molar-refractivity contribution is 5.92. The van der Waals surface area contributed by atoms with Crippen LogP contribution < -0.4 is 5.32 Å². The van der Waals surface area contributed by atoms with E-state index in [1.807, 2.05) is 17.7 Å². The summed E-state index contributed by atoms with van der Waals surface area (Å²) in [6, 6.07) is 4.34. The number of aromatic nitrogens is 4. The van der Waals surface area contributed by atoms with Gasteiger partial charge in [-0.1, -0.05) is 6.42 Å². The summed E-state index contributed by atoms with van der Waals surface area (Å²) in [7, 11) is 5.75. The number of carbonyl (C=O) groups excluding carboxylic acids is 1. The number of amides is 1. The average Bonchev–Trinajstić information content (AvgIpc) is 3.33. The lowest BCUT2D eigenvalue weighted by Crippen LogP contribution is -2.35. The summed E-state index contributed by atoms with van der Waals surface area (Å²) in [6.45, 7) is 1.86. The van der Waals surface area contributed by atoms with E-state index in [2.05, 4.69) is 38.1 Å². The number of likely N-dealkylation sites (tertiary alicyclic amines) is 1. The van der Waals surface area contributed by atoms with Gasteiger partial charge in [0, 0.05) is 32.8 Å². The first-order valence-corrected chi connectivity index (χ1v) is 9.60. The summed E-state index contributed by atoms with van der Waals surface area (Å²) in [5, 5.41) is 11.6. The minimum Gasteiger partial charge on any atom is -0.354 e. The van der Waals surface area contributed by atoms with Crippen LogP contribution in [0.15, 0.2) is 12.1 Å². The lowest BCUT2D eigenvalue weighted by Gasteiger charge is -2.35. The molecule has 0 unspecified atom stereocenters. The number of hydrogen-bond acceptors (Lipinski definition) is 4. The first kappa shape index (κ1) is 17.3. The molecule has 4 rings (SSSR count). The summed E-state index contributed by atoms with van der Waals surface area (Å²) in [5.41, 5.74) is 1.91. The molecule has 1 aliphatic heterocycles. The van der Waals surface area contributed by atoms with Gasteiger partial charge in [0.15, 0.2) is 0 Å². The van der Waals surface area contributed by atoms with Crippen molar-refractivity contribution in [1.29, 1.82) is 0 Å². The standard InChI is InChI=1S/C19H28N6O/c1-20-19(26)16-10-9-14(23(16)2)15-6-4-5-11-25(15)12-17-21-22-18(24(17)3)13-7-8-13/h9-10,13,15H,4-8,11-12H2,1-3H3,(H,20,26)/t15-/m0/s1. The number of carbonyl (C=O) groups is 1. The second kappa shape index (κ2) is 6.87. The van der Waals surface area contributed by atoms with Gasteiger partial charge in [-0.15, -0.1) is 10.2 Å². The highest BCUT2D eigenvalue weighted by atomic mass is 16.1. The molecule has 2 fully saturated rings. The minimum absolute atomic E-state index is 0.0384. The van der Waals surface area contributed by atoms with E-state index in [4.69, 9.17) is 0 Å². The molecule has 1 amide bonds. The Balaban J connectivity index is 1.57. The fourth-order valence-corrected chi connectivity index (χ4v) is 4.12. The molecule has 1 N–H and O–H groups in total. The maximum Gasteiger partial charge on any atom is 0.267 e. The maximum atomic E-state index is 12.1. The van der Waals surface area contributed by atoms with E-state index in [0.717, 1.165) is 31.2 Å². The van der Waals surface area contributed by atoms with Gasteiger partial charge in [0.2, 0.25) is 0 Å². The largest absolute Gasteiger partial charge is 0.354 e. The van der Waals surface area contributed by atoms with Gasteiger partial charge in [-0.05, 0) is 44.4 Å². The number of nitrogens with one attached hydrogen (secondary N) is 1. The Bertz CT molecular complexity index is 803. The van der Waals surface area contributed by atoms with Crippen LogP contribution in [0, 0.1) is 0 Å². The zero-order chi connectivity index (χ0) is 18.3. The molecule has 0 radical (unpaired) electrons. The summed E-state index contributed by atoms with van der Waals surface area (Å²) < 4.78 is 4.22. The highest BCUT2D eigenvalue weighted by Crippen LogP contribution is 2.39. The number of rotatable bonds is 5. The van der Waals surface area contributed by atoms with Gasteiger partial charge in [-0.3, -0.25) is 9.69 Å². The second-order valence-electron chi connectivity index (χ2n) is 7.57. The van der Waals surface area contributed by atoms with Crippen LogP contribution in [0.5, 0.6) is 0 Å². The SMILES string of the molecule is CNC(=O)c1ccc([C@@H]2CCCCN2Cc2nnc(C3CC3)n2C)n1C. The summed E-state index contributed by atoms with van der Waals surface area (Å²) in [6.07, 6.45) is 6.01. The van der Waals surface area contributed by atoms with Gasteiger partial charge in [0.25, 0.3) is 5.91 Å². The molecule has 2 aliphatic rings. The molecule has 1 saturated carbocycles. The third kappa shape index (κ3) is 3.05. The lowest BCUT2D eigenvalue weighted by atomic mass is 9.99. The number of nitrogens with zero attached hydrogens (tertiary/aromatic N) is 5. The maximum absolute atomic E-state index is 12.1. The van der Waals surface area contributed by atoms with Gasteiger partial charge in [0.05, 0.1) is 12.6 Å². The van der Waals surface area contributed by atoms with E-state index in [-0.39, 0.29) is 5.91 Å². The molecule has 0 spiro atoms. The molecule has 140 valence electrons. The van der Waals surface area contributed by atoms with Crippen LogP contribution in [0.2, 0.25) is 0 Å². The van der Waals surface area contributed by atoms with Crippen LogP contribution >= 0.6 is 0 Å². The molecular formula is C19H28N6O. The van der Waals surface area contributed by atoms with Crippen molar-refractivity contribution in [3.8, 4) is 0 Å². The third-order valence-electron chi connectivity index (χ3n) is 5.86. The van der Waals surface area contributed by atoms with Crippen molar-refractivity contribution in [2.45, 2.75) is 50.6 Å². The van der Waals surface area contributed by atoms with Crippen molar-refractivity contribution in [3.63, 3.8) is 0 Å². The predicted octanol–water partition coefficient (Wildman–Crippen LogP) is 2.12. The molecule has 0 bridgehead atoms. The Morgan fingerprint density at radius 2 is 1.96 bits per heavy atom. The Morgan fingerprint density at radius 3 is 2.69 bits per heavy atom. The minimum atomic E-state index is -0.0384. The lowest BCUT2D eigenvalue weighted by molar-refractivity contribution is 0.0952. The zero-order valence-corrected chi connectivity index (χ0v) is 15.9. The van der Waals surface area contributed by atoms with Crippen molar-refractivity contribution >= 4 is 5.91 Å². The predicted molar refractivity (Wildman–Crippen MR) is 98.8 cm³/mol. The summed E-state index contributed by atoms with van der Waals surface area (Å²) in [5.74, 6) is 2.75. The zero-order valence-electron chi connectivity index (χ0n) is 15.9. The number of piperidine rings is 1. The van der Waals surface area contributed by atoms with Crippen LogP contribution in [-0.2, 0) is 20.6 Å². The highest BCUT2D eigenvalue weighted by Gasteiger charge is 2.31. The monoisotopic (exact) mass is 356 g/mol. The van der Waals surface area contributed by atoms with Crippen LogP contribution in [0.25, 0.3) is 0 Å². The van der Waals surface area contributed by atoms with E-state index in [1.54, 1.807) is 7.05 Å². The fraction of sp³-hybridized carbons (Fsp3) is 0.632. The molecule has 7 nitrogen and oxygen atoms in total. The van der Waals surface area contributed by atoms with Crippen LogP contribution in [0.3, 0.4) is 0 Å². The molecule has 1 aliphatic carbocycles. The summed E-state index contributed by atoms with van der Waals surface area (Å²) >= 11 is 0. The van der Waals surface area contributed by atoms with Crippen molar-refractivity contribution in [3.05, 3.63) is 35.2 Å². The van der Waals surface area contributed by atoms with Crippen molar-refractivity contribution < 1.29 is 4.79 Å². The first-order valence-electron chi connectivity index (χ1n) is 9.60. The smallest absolute Gasteiger partial charge is 0.267 e. The van der Waals surface area contributed by atoms with Crippen LogP contribution in [0.4, 0.5) is 0 Å². The van der Waals surface area contributed by atoms with Crippen LogP contribution in [0.1, 0.15) is 71.9 Å². The molecular weight excluding hydrogens is 328 g/mol. The van der Waals surface area contributed by atoms with Gasteiger partial charge >= 0.3 is 0 Å². The fourth-order valence-electron chi connectivity index (χ4n) is 4.12. The van der Waals surface area contributed by atoms with Crippen LogP contribution in [-0.4, -0.2) is 43.7 Å². The van der Waals surface area contributed by atoms with Gasteiger partial charge < -0.3 is 14.5 Å². The van der Waals surface area contributed by atoms with Crippen molar-refractivity contribution in [2.24, 2.45) is 14.1 Å². The van der Waals surface area contributed by atoms with E-state index < -0.39 is 0 Å². The molecule has 1 saturated heterocycles. The van der Waals surface area contributed by atoms with E-state index in [0.29, 0.717) is 17.7 Å². The third-order valence-corrected chi connectivity index (χ3v) is 5.86. The quantitative estimate of drug-likeness (QED) is 0.891. The molecule has 0 aromatic carbocycles. The Kier molecular flexibility index (Phi) is 4.56. The molecule has 1 atom stereocenters. The van der Waals surface area contributed by atoms with Crippen molar-refractivity contribution in [1.82, 2.24) is 29.5 Å². The topological polar surface area (TPSA) is 68.0 Å². The van der Waals surface area contributed by atoms with E-state index >= 15 is 0 Å². The second-order valence-corrected chi connectivity index (χ2v) is 7.57. The first-order chi connectivity index (χ1) is 12.6. The Morgan fingerprint density at radius 1 is 1.15 bits per heavy atom. The Hall–Kier alpha value is -2.15. The number of hydrogen-bond donors (Lipinski definition) is 1. The van der Waals surface area contributed by atoms with Crippen molar-refractivity contribution in [2.75, 3.05) is 13.6 Å². The van der Waals surface area contributed by atoms with E-state index in [9.17, 15) is 4.79 Å². The molecule has 26 heavy (non-hydrogen) atoms. The molecule has 7 heteroatoms. The molecule has 3 heterocycles.